The molecule has 0 unspecified atom stereocenters. The van der Waals surface area contributed by atoms with Gasteiger partial charge in [-0.05, 0) is 30.3 Å². The second-order valence-electron chi connectivity index (χ2n) is 9.89. The Morgan fingerprint density at radius 1 is 0.952 bits per heavy atom. The number of hydrogen-bond donors (Lipinski definition) is 2. The number of benzene rings is 2. The van der Waals surface area contributed by atoms with Crippen molar-refractivity contribution in [1.82, 2.24) is 30.4 Å². The van der Waals surface area contributed by atoms with E-state index in [-0.39, 0.29) is 12.4 Å². The molecule has 4 heterocycles. The van der Waals surface area contributed by atoms with Gasteiger partial charge < -0.3 is 24.6 Å². The predicted octanol–water partition coefficient (Wildman–Crippen LogP) is 5.96. The zero-order chi connectivity index (χ0) is 28.2. The highest BCUT2D eigenvalue weighted by molar-refractivity contribution is 7.16. The van der Waals surface area contributed by atoms with Gasteiger partial charge in [0.2, 0.25) is 0 Å². The number of nitrogens with one attached hydrogen (secondary N) is 2. The molecule has 0 saturated carbocycles. The summed E-state index contributed by atoms with van der Waals surface area (Å²) in [5.41, 5.74) is 6.40. The summed E-state index contributed by atoms with van der Waals surface area (Å²) in [6, 6.07) is 16.0. The maximum Gasteiger partial charge on any atom is 0.124 e. The molecular weight excluding hydrogens is 593 g/mol. The van der Waals surface area contributed by atoms with Crippen molar-refractivity contribution in [3.63, 3.8) is 0 Å². The van der Waals surface area contributed by atoms with Crippen molar-refractivity contribution < 1.29 is 9.47 Å². The van der Waals surface area contributed by atoms with Gasteiger partial charge in [0, 0.05) is 84.9 Å². The molecule has 0 amide bonds. The highest BCUT2D eigenvalue weighted by atomic mass is 35.5. The predicted molar refractivity (Wildman–Crippen MR) is 172 cm³/mol. The lowest BCUT2D eigenvalue weighted by molar-refractivity contribution is 0.243. The van der Waals surface area contributed by atoms with Gasteiger partial charge in [-0.3, -0.25) is 10.1 Å². The van der Waals surface area contributed by atoms with E-state index in [0.717, 1.165) is 87.7 Å². The molecule has 1 aliphatic heterocycles. The van der Waals surface area contributed by atoms with Crippen molar-refractivity contribution in [3.05, 3.63) is 75.8 Å². The standard InChI is InChI=1S/C30H32ClN7O2S.ClH/c1-39-22-13-21(14-23(16-22)40-2)38(19-24-4-6-30(31)41-24)20-3-5-27-28(15-20)35-29(18-33-27)25-17-34-36-26(25)7-10-37-11-8-32-9-12-37;/h3-6,13-18,32H,7-12,19H2,1-2H3,(H,34,36);1H. The van der Waals surface area contributed by atoms with E-state index in [2.05, 4.69) is 43.5 Å². The average molecular weight is 627 g/mol. The maximum absolute atomic E-state index is 6.28. The molecule has 220 valence electrons. The van der Waals surface area contributed by atoms with Crippen LogP contribution in [0.4, 0.5) is 11.4 Å². The van der Waals surface area contributed by atoms with Crippen molar-refractivity contribution in [2.45, 2.75) is 13.0 Å². The molecule has 1 fully saturated rings. The topological polar surface area (TPSA) is 91.4 Å². The molecule has 5 aromatic rings. The number of ether oxygens (including phenoxy) is 2. The Labute approximate surface area is 260 Å². The fourth-order valence-corrected chi connectivity index (χ4v) is 6.18. The van der Waals surface area contributed by atoms with Crippen LogP contribution < -0.4 is 19.7 Å². The molecule has 6 rings (SSSR count). The Hall–Kier alpha value is -3.41. The normalized spacial score (nSPS) is 13.6. The van der Waals surface area contributed by atoms with E-state index in [0.29, 0.717) is 18.0 Å². The highest BCUT2D eigenvalue weighted by Gasteiger charge is 2.17. The maximum atomic E-state index is 6.28. The third-order valence-electron chi connectivity index (χ3n) is 7.31. The second kappa shape index (κ2) is 13.7. The van der Waals surface area contributed by atoms with Gasteiger partial charge in [-0.25, -0.2) is 4.98 Å². The van der Waals surface area contributed by atoms with Gasteiger partial charge in [0.05, 0.1) is 54.2 Å². The second-order valence-corrected chi connectivity index (χ2v) is 11.7. The van der Waals surface area contributed by atoms with E-state index in [1.54, 1.807) is 25.6 Å². The van der Waals surface area contributed by atoms with Crippen LogP contribution in [0.3, 0.4) is 0 Å². The summed E-state index contributed by atoms with van der Waals surface area (Å²) in [5.74, 6) is 1.43. The lowest BCUT2D eigenvalue weighted by Crippen LogP contribution is -2.44. The number of nitrogens with zero attached hydrogens (tertiary/aromatic N) is 5. The number of anilines is 2. The number of halogens is 2. The van der Waals surface area contributed by atoms with Crippen LogP contribution in [0.15, 0.2) is 60.9 Å². The zero-order valence-electron chi connectivity index (χ0n) is 23.5. The quantitative estimate of drug-likeness (QED) is 0.196. The van der Waals surface area contributed by atoms with Crippen LogP contribution in [0.2, 0.25) is 4.34 Å². The number of fused-ring (bicyclic) bond motifs is 1. The fraction of sp³-hybridized carbons (Fsp3) is 0.300. The Morgan fingerprint density at radius 2 is 1.74 bits per heavy atom. The van der Waals surface area contributed by atoms with Crippen LogP contribution in [0, 0.1) is 0 Å². The number of H-pyrrole nitrogens is 1. The summed E-state index contributed by atoms with van der Waals surface area (Å²) in [6.07, 6.45) is 4.56. The Bertz CT molecular complexity index is 1620. The van der Waals surface area contributed by atoms with E-state index >= 15 is 0 Å². The first-order valence-electron chi connectivity index (χ1n) is 13.6. The van der Waals surface area contributed by atoms with Gasteiger partial charge in [0.15, 0.2) is 0 Å². The van der Waals surface area contributed by atoms with Crippen LogP contribution in [0.25, 0.3) is 22.3 Å². The summed E-state index contributed by atoms with van der Waals surface area (Å²) in [6.45, 7) is 5.80. The number of aromatic nitrogens is 4. The van der Waals surface area contributed by atoms with Gasteiger partial charge in [-0.15, -0.1) is 23.7 Å². The van der Waals surface area contributed by atoms with Gasteiger partial charge in [0.1, 0.15) is 11.5 Å². The minimum atomic E-state index is 0. The lowest BCUT2D eigenvalue weighted by Gasteiger charge is -2.26. The molecular formula is C30H33Cl2N7O2S. The van der Waals surface area contributed by atoms with Crippen LogP contribution >= 0.6 is 35.3 Å². The largest absolute Gasteiger partial charge is 0.497 e. The van der Waals surface area contributed by atoms with E-state index in [1.165, 1.54) is 0 Å². The van der Waals surface area contributed by atoms with Gasteiger partial charge in [0.25, 0.3) is 0 Å². The Balaban J connectivity index is 0.00000353. The molecule has 9 nitrogen and oxygen atoms in total. The minimum Gasteiger partial charge on any atom is -0.497 e. The third kappa shape index (κ3) is 6.79. The van der Waals surface area contributed by atoms with E-state index in [9.17, 15) is 0 Å². The zero-order valence-corrected chi connectivity index (χ0v) is 25.9. The van der Waals surface area contributed by atoms with E-state index < -0.39 is 0 Å². The number of piperazine rings is 1. The molecule has 0 bridgehead atoms. The summed E-state index contributed by atoms with van der Waals surface area (Å²) in [5, 5.41) is 10.9. The summed E-state index contributed by atoms with van der Waals surface area (Å²) >= 11 is 7.85. The molecule has 1 saturated heterocycles. The van der Waals surface area contributed by atoms with Crippen molar-refractivity contribution in [1.29, 1.82) is 0 Å². The van der Waals surface area contributed by atoms with Crippen LogP contribution in [0.5, 0.6) is 11.5 Å². The van der Waals surface area contributed by atoms with Crippen molar-refractivity contribution in [3.8, 4) is 22.8 Å². The molecule has 42 heavy (non-hydrogen) atoms. The van der Waals surface area contributed by atoms with Crippen LogP contribution in [-0.2, 0) is 13.0 Å². The molecule has 2 aromatic carbocycles. The van der Waals surface area contributed by atoms with Crippen LogP contribution in [0.1, 0.15) is 10.6 Å². The number of aromatic amines is 1. The molecule has 0 spiro atoms. The number of rotatable bonds is 10. The lowest BCUT2D eigenvalue weighted by atomic mass is 10.1. The van der Waals surface area contributed by atoms with Gasteiger partial charge in [-0.1, -0.05) is 11.6 Å². The molecule has 0 atom stereocenters. The van der Waals surface area contributed by atoms with E-state index in [4.69, 9.17) is 31.0 Å². The third-order valence-corrected chi connectivity index (χ3v) is 8.53. The first kappa shape index (κ1) is 30.1. The van der Waals surface area contributed by atoms with Crippen molar-refractivity contribution >= 4 is 57.8 Å². The van der Waals surface area contributed by atoms with Gasteiger partial charge in [-0.2, -0.15) is 5.10 Å². The smallest absolute Gasteiger partial charge is 0.124 e. The van der Waals surface area contributed by atoms with E-state index in [1.807, 2.05) is 42.7 Å². The number of thiophene rings is 1. The van der Waals surface area contributed by atoms with Crippen molar-refractivity contribution in [2.24, 2.45) is 0 Å². The first-order valence-corrected chi connectivity index (χ1v) is 14.8. The summed E-state index contributed by atoms with van der Waals surface area (Å²) in [7, 11) is 3.31. The van der Waals surface area contributed by atoms with Gasteiger partial charge >= 0.3 is 0 Å². The summed E-state index contributed by atoms with van der Waals surface area (Å²) in [4.78, 5) is 15.6. The summed E-state index contributed by atoms with van der Waals surface area (Å²) < 4.78 is 11.9. The van der Waals surface area contributed by atoms with Crippen molar-refractivity contribution in [2.75, 3.05) is 51.8 Å². The fourth-order valence-electron chi connectivity index (χ4n) is 5.10. The highest BCUT2D eigenvalue weighted by Crippen LogP contribution is 2.36. The molecule has 12 heteroatoms. The minimum absolute atomic E-state index is 0. The number of methoxy groups -OCH3 is 2. The SMILES string of the molecule is COc1cc(OC)cc(N(Cc2ccc(Cl)s2)c2ccc3ncc(-c4cn[nH]c4CCN4CCNCC4)nc3c2)c1.Cl. The molecule has 3 aromatic heterocycles. The Kier molecular flexibility index (Phi) is 9.81. The molecule has 0 radical (unpaired) electrons. The monoisotopic (exact) mass is 625 g/mol. The Morgan fingerprint density at radius 3 is 2.45 bits per heavy atom. The molecule has 0 aliphatic carbocycles. The molecule has 2 N–H and O–H groups in total. The number of hydrogen-bond acceptors (Lipinski definition) is 9. The average Bonchev–Trinajstić information content (AvgIpc) is 3.67. The first-order chi connectivity index (χ1) is 20.1. The molecule has 1 aliphatic rings. The van der Waals surface area contributed by atoms with Crippen LogP contribution in [-0.4, -0.2) is 72.0 Å².